The Kier molecular flexibility index (Phi) is 2.72. The van der Waals surface area contributed by atoms with Gasteiger partial charge in [0.2, 0.25) is 0 Å². The first-order valence-electron chi connectivity index (χ1n) is 5.26. The summed E-state index contributed by atoms with van der Waals surface area (Å²) in [4.78, 5) is 8.29. The second-order valence-electron chi connectivity index (χ2n) is 3.96. The Morgan fingerprint density at radius 3 is 3.00 bits per heavy atom. The molecule has 0 atom stereocenters. The SMILES string of the molecule is Fc1cc(Cl)cnc1Nc1nc(C2CC2)cs1. The van der Waals surface area contributed by atoms with Crippen LogP contribution in [0.15, 0.2) is 17.6 Å². The van der Waals surface area contributed by atoms with Gasteiger partial charge in [-0.1, -0.05) is 11.6 Å². The van der Waals surface area contributed by atoms with Crippen LogP contribution in [0.2, 0.25) is 5.02 Å². The summed E-state index contributed by atoms with van der Waals surface area (Å²) >= 11 is 7.09. The van der Waals surface area contributed by atoms with Gasteiger partial charge in [-0.25, -0.2) is 14.4 Å². The normalized spacial score (nSPS) is 14.9. The van der Waals surface area contributed by atoms with E-state index in [1.54, 1.807) is 0 Å². The molecule has 3 rings (SSSR count). The molecule has 6 heteroatoms. The van der Waals surface area contributed by atoms with Crippen molar-refractivity contribution in [3.05, 3.63) is 34.2 Å². The van der Waals surface area contributed by atoms with Crippen LogP contribution in [0.4, 0.5) is 15.3 Å². The zero-order valence-corrected chi connectivity index (χ0v) is 10.4. The van der Waals surface area contributed by atoms with Crippen LogP contribution in [-0.4, -0.2) is 9.97 Å². The summed E-state index contributed by atoms with van der Waals surface area (Å²) in [6, 6.07) is 1.23. The first-order valence-corrected chi connectivity index (χ1v) is 6.51. The van der Waals surface area contributed by atoms with E-state index in [1.165, 1.54) is 36.4 Å². The number of nitrogens with one attached hydrogen (secondary N) is 1. The summed E-state index contributed by atoms with van der Waals surface area (Å²) in [6.07, 6.45) is 3.82. The van der Waals surface area contributed by atoms with E-state index in [2.05, 4.69) is 15.3 Å². The highest BCUT2D eigenvalue weighted by Gasteiger charge is 2.26. The highest BCUT2D eigenvalue weighted by Crippen LogP contribution is 2.41. The van der Waals surface area contributed by atoms with Crippen molar-refractivity contribution in [2.75, 3.05) is 5.32 Å². The molecule has 0 amide bonds. The quantitative estimate of drug-likeness (QED) is 0.917. The third-order valence-corrected chi connectivity index (χ3v) is 3.53. The third-order valence-electron chi connectivity index (χ3n) is 2.55. The number of thiazole rings is 1. The molecular formula is C11H9ClFN3S. The van der Waals surface area contributed by atoms with E-state index in [4.69, 9.17) is 11.6 Å². The maximum atomic E-state index is 13.5. The van der Waals surface area contributed by atoms with E-state index in [-0.39, 0.29) is 10.8 Å². The molecule has 0 unspecified atom stereocenters. The number of anilines is 2. The summed E-state index contributed by atoms with van der Waals surface area (Å²) in [5.41, 5.74) is 1.09. The molecule has 1 aliphatic carbocycles. The molecule has 0 aromatic carbocycles. The van der Waals surface area contributed by atoms with Gasteiger partial charge in [0, 0.05) is 17.5 Å². The maximum Gasteiger partial charge on any atom is 0.188 e. The molecule has 1 fully saturated rings. The van der Waals surface area contributed by atoms with Gasteiger partial charge in [0.15, 0.2) is 16.8 Å². The molecule has 2 aromatic heterocycles. The first kappa shape index (κ1) is 10.9. The van der Waals surface area contributed by atoms with Crippen LogP contribution in [0.1, 0.15) is 24.5 Å². The summed E-state index contributed by atoms with van der Waals surface area (Å²) in [5.74, 6) is 0.289. The molecular weight excluding hydrogens is 261 g/mol. The summed E-state index contributed by atoms with van der Waals surface area (Å²) in [5, 5.41) is 5.82. The number of halogens is 2. The molecule has 0 radical (unpaired) electrons. The van der Waals surface area contributed by atoms with Crippen LogP contribution in [0.3, 0.4) is 0 Å². The predicted molar refractivity (Wildman–Crippen MR) is 66.6 cm³/mol. The monoisotopic (exact) mass is 269 g/mol. The van der Waals surface area contributed by atoms with E-state index in [1.807, 2.05) is 5.38 Å². The van der Waals surface area contributed by atoms with E-state index < -0.39 is 5.82 Å². The van der Waals surface area contributed by atoms with Crippen molar-refractivity contribution < 1.29 is 4.39 Å². The lowest BCUT2D eigenvalue weighted by atomic mass is 10.3. The molecule has 17 heavy (non-hydrogen) atoms. The van der Waals surface area contributed by atoms with Gasteiger partial charge in [-0.2, -0.15) is 0 Å². The number of aromatic nitrogens is 2. The molecule has 0 spiro atoms. The van der Waals surface area contributed by atoms with Crippen molar-refractivity contribution in [1.29, 1.82) is 0 Å². The molecule has 0 aliphatic heterocycles. The zero-order chi connectivity index (χ0) is 11.8. The van der Waals surface area contributed by atoms with Crippen molar-refractivity contribution in [3.63, 3.8) is 0 Å². The predicted octanol–water partition coefficient (Wildman–Crippen LogP) is 3.95. The molecule has 1 N–H and O–H groups in total. The molecule has 0 saturated heterocycles. The Morgan fingerprint density at radius 2 is 2.29 bits per heavy atom. The van der Waals surface area contributed by atoms with Crippen LogP contribution in [-0.2, 0) is 0 Å². The minimum atomic E-state index is -0.472. The van der Waals surface area contributed by atoms with E-state index in [9.17, 15) is 4.39 Å². The molecule has 0 bridgehead atoms. The van der Waals surface area contributed by atoms with Crippen molar-refractivity contribution in [2.45, 2.75) is 18.8 Å². The van der Waals surface area contributed by atoms with Gasteiger partial charge in [0.25, 0.3) is 0 Å². The fourth-order valence-electron chi connectivity index (χ4n) is 1.52. The van der Waals surface area contributed by atoms with Crippen LogP contribution < -0.4 is 5.32 Å². The number of hydrogen-bond acceptors (Lipinski definition) is 4. The molecule has 88 valence electrons. The Hall–Kier alpha value is -1.20. The average molecular weight is 270 g/mol. The standard InChI is InChI=1S/C11H9ClFN3S/c12-7-3-8(13)10(14-4-7)16-11-15-9(5-17-11)6-1-2-6/h3-6H,1-2H2,(H,14,15,16). The van der Waals surface area contributed by atoms with Gasteiger partial charge < -0.3 is 5.32 Å². The minimum Gasteiger partial charge on any atom is -0.314 e. The lowest BCUT2D eigenvalue weighted by molar-refractivity contribution is 0.626. The van der Waals surface area contributed by atoms with Gasteiger partial charge >= 0.3 is 0 Å². The lowest BCUT2D eigenvalue weighted by Crippen LogP contribution is -1.96. The molecule has 2 heterocycles. The molecule has 3 nitrogen and oxygen atoms in total. The Bertz CT molecular complexity index is 553. The summed E-state index contributed by atoms with van der Waals surface area (Å²) in [7, 11) is 0. The Labute approximate surface area is 107 Å². The van der Waals surface area contributed by atoms with E-state index in [0.29, 0.717) is 11.0 Å². The lowest BCUT2D eigenvalue weighted by Gasteiger charge is -2.02. The number of nitrogens with zero attached hydrogens (tertiary/aromatic N) is 2. The molecule has 2 aromatic rings. The topological polar surface area (TPSA) is 37.8 Å². The smallest absolute Gasteiger partial charge is 0.188 e. The number of hydrogen-bond donors (Lipinski definition) is 1. The van der Waals surface area contributed by atoms with E-state index >= 15 is 0 Å². The van der Waals surface area contributed by atoms with Crippen LogP contribution >= 0.6 is 22.9 Å². The highest BCUT2D eigenvalue weighted by atomic mass is 35.5. The largest absolute Gasteiger partial charge is 0.314 e. The average Bonchev–Trinajstić information content (AvgIpc) is 3.04. The Balaban J connectivity index is 1.80. The number of pyridine rings is 1. The molecule has 1 aliphatic rings. The fourth-order valence-corrected chi connectivity index (χ4v) is 2.45. The van der Waals surface area contributed by atoms with Gasteiger partial charge in [0.1, 0.15) is 0 Å². The van der Waals surface area contributed by atoms with Gasteiger partial charge in [-0.3, -0.25) is 0 Å². The summed E-state index contributed by atoms with van der Waals surface area (Å²) < 4.78 is 13.5. The van der Waals surface area contributed by atoms with Crippen LogP contribution in [0.5, 0.6) is 0 Å². The Morgan fingerprint density at radius 1 is 1.47 bits per heavy atom. The van der Waals surface area contributed by atoms with Crippen LogP contribution in [0, 0.1) is 5.82 Å². The van der Waals surface area contributed by atoms with Crippen LogP contribution in [0.25, 0.3) is 0 Å². The third kappa shape index (κ3) is 2.40. The highest BCUT2D eigenvalue weighted by molar-refractivity contribution is 7.13. The van der Waals surface area contributed by atoms with Gasteiger partial charge in [-0.15, -0.1) is 11.3 Å². The zero-order valence-electron chi connectivity index (χ0n) is 8.78. The second-order valence-corrected chi connectivity index (χ2v) is 5.26. The number of rotatable bonds is 3. The van der Waals surface area contributed by atoms with Crippen molar-refractivity contribution in [2.24, 2.45) is 0 Å². The maximum absolute atomic E-state index is 13.5. The van der Waals surface area contributed by atoms with Crippen molar-refractivity contribution in [1.82, 2.24) is 9.97 Å². The van der Waals surface area contributed by atoms with Gasteiger partial charge in [0.05, 0.1) is 10.7 Å². The molecule has 1 saturated carbocycles. The second kappa shape index (κ2) is 4.23. The summed E-state index contributed by atoms with van der Waals surface area (Å²) in [6.45, 7) is 0. The van der Waals surface area contributed by atoms with E-state index in [0.717, 1.165) is 5.69 Å². The fraction of sp³-hybridized carbons (Fsp3) is 0.273. The van der Waals surface area contributed by atoms with Gasteiger partial charge in [-0.05, 0) is 18.9 Å². The van der Waals surface area contributed by atoms with Crippen molar-refractivity contribution in [3.8, 4) is 0 Å². The minimum absolute atomic E-state index is 0.158. The first-order chi connectivity index (χ1) is 8.22. The van der Waals surface area contributed by atoms with Crippen molar-refractivity contribution >= 4 is 33.9 Å².